The summed E-state index contributed by atoms with van der Waals surface area (Å²) in [6.07, 6.45) is -5.73. The van der Waals surface area contributed by atoms with Gasteiger partial charge in [-0.3, -0.25) is 4.79 Å². The molecular weight excluding hydrogens is 457 g/mol. The molecule has 0 radical (unpaired) electrons. The summed E-state index contributed by atoms with van der Waals surface area (Å²) in [5.74, 6) is -0.231. The first kappa shape index (κ1) is 25.0. The molecule has 1 N–H and O–H groups in total. The number of hydrogen-bond donors (Lipinski definition) is 1. The van der Waals surface area contributed by atoms with Gasteiger partial charge in [-0.15, -0.1) is 0 Å². The quantitative estimate of drug-likeness (QED) is 0.642. The normalized spacial score (nSPS) is 17.9. The number of carbonyl (C=O) groups excluding carboxylic acids is 1. The van der Waals surface area contributed by atoms with Crippen molar-refractivity contribution in [3.8, 4) is 5.75 Å². The molecule has 1 aliphatic rings. The van der Waals surface area contributed by atoms with Gasteiger partial charge in [0.15, 0.2) is 6.10 Å². The minimum absolute atomic E-state index is 0.0404. The number of amides is 1. The summed E-state index contributed by atoms with van der Waals surface area (Å²) in [5.41, 5.74) is 0.605. The van der Waals surface area contributed by atoms with Crippen LogP contribution in [0.3, 0.4) is 0 Å². The molecule has 10 heteroatoms. The van der Waals surface area contributed by atoms with E-state index in [2.05, 4.69) is 5.32 Å². The van der Waals surface area contributed by atoms with Crippen LogP contribution in [-0.4, -0.2) is 44.0 Å². The molecule has 0 saturated carbocycles. The van der Waals surface area contributed by atoms with Gasteiger partial charge in [-0.05, 0) is 63.1 Å². The fourth-order valence-electron chi connectivity index (χ4n) is 3.48. The number of nitrogens with one attached hydrogen (secondary N) is 1. The Balaban J connectivity index is 1.60. The molecule has 180 valence electrons. The number of alkyl halides is 3. The monoisotopic (exact) mass is 484 g/mol. The Labute approximate surface area is 191 Å². The molecule has 1 amide bonds. The Morgan fingerprint density at radius 2 is 1.61 bits per heavy atom. The Morgan fingerprint density at radius 3 is 2.12 bits per heavy atom. The largest absolute Gasteiger partial charge is 0.481 e. The average molecular weight is 485 g/mol. The van der Waals surface area contributed by atoms with Crippen LogP contribution in [0.1, 0.15) is 32.3 Å². The van der Waals surface area contributed by atoms with Crippen LogP contribution in [-0.2, 0) is 14.8 Å². The zero-order valence-electron chi connectivity index (χ0n) is 18.6. The molecule has 1 saturated heterocycles. The van der Waals surface area contributed by atoms with Gasteiger partial charge in [-0.1, -0.05) is 24.6 Å². The van der Waals surface area contributed by atoms with Crippen LogP contribution in [0.15, 0.2) is 53.4 Å². The lowest BCUT2D eigenvalue weighted by atomic mass is 9.80. The van der Waals surface area contributed by atoms with Crippen molar-refractivity contribution in [3.63, 3.8) is 0 Å². The van der Waals surface area contributed by atoms with E-state index in [4.69, 9.17) is 4.74 Å². The number of anilines is 1. The molecule has 0 aliphatic carbocycles. The van der Waals surface area contributed by atoms with Gasteiger partial charge in [0.1, 0.15) is 5.75 Å². The molecule has 6 nitrogen and oxygen atoms in total. The van der Waals surface area contributed by atoms with Crippen molar-refractivity contribution in [1.29, 1.82) is 0 Å². The Bertz CT molecular complexity index is 1080. The second-order valence-corrected chi connectivity index (χ2v) is 10.5. The first-order valence-electron chi connectivity index (χ1n) is 10.5. The molecule has 0 bridgehead atoms. The topological polar surface area (TPSA) is 75.7 Å². The number of hydrogen-bond acceptors (Lipinski definition) is 4. The van der Waals surface area contributed by atoms with Crippen molar-refractivity contribution in [3.05, 3.63) is 54.1 Å². The Morgan fingerprint density at radius 1 is 1.06 bits per heavy atom. The minimum Gasteiger partial charge on any atom is -0.481 e. The summed E-state index contributed by atoms with van der Waals surface area (Å²) in [5, 5.41) is 2.77. The fourth-order valence-corrected chi connectivity index (χ4v) is 4.92. The number of carbonyl (C=O) groups is 1. The molecule has 33 heavy (non-hydrogen) atoms. The first-order valence-corrected chi connectivity index (χ1v) is 12.0. The molecule has 3 rings (SSSR count). The van der Waals surface area contributed by atoms with Gasteiger partial charge < -0.3 is 10.1 Å². The van der Waals surface area contributed by atoms with Gasteiger partial charge in [0.25, 0.3) is 0 Å². The molecule has 2 aromatic carbocycles. The number of ether oxygens (including phenoxy) is 1. The minimum atomic E-state index is -4.47. The first-order chi connectivity index (χ1) is 15.3. The van der Waals surface area contributed by atoms with E-state index in [1.54, 1.807) is 31.2 Å². The summed E-state index contributed by atoms with van der Waals surface area (Å²) in [6.45, 7) is 5.00. The summed E-state index contributed by atoms with van der Waals surface area (Å²) in [6, 6.07) is 12.3. The second-order valence-electron chi connectivity index (χ2n) is 8.56. The molecule has 2 aromatic rings. The molecule has 1 unspecified atom stereocenters. The fraction of sp³-hybridized carbons (Fsp3) is 0.435. The van der Waals surface area contributed by atoms with Crippen molar-refractivity contribution < 1.29 is 31.1 Å². The lowest BCUT2D eigenvalue weighted by molar-refractivity contribution is -0.189. The summed E-state index contributed by atoms with van der Waals surface area (Å²) in [7, 11) is -3.63. The van der Waals surface area contributed by atoms with Gasteiger partial charge in [-0.2, -0.15) is 17.5 Å². The van der Waals surface area contributed by atoms with Crippen molar-refractivity contribution in [2.45, 2.75) is 50.8 Å². The van der Waals surface area contributed by atoms with E-state index in [1.807, 2.05) is 6.92 Å². The van der Waals surface area contributed by atoms with Gasteiger partial charge in [-0.25, -0.2) is 8.42 Å². The summed E-state index contributed by atoms with van der Waals surface area (Å²) < 4.78 is 69.9. The highest BCUT2D eigenvalue weighted by Gasteiger charge is 2.40. The molecule has 1 atom stereocenters. The lowest BCUT2D eigenvalue weighted by Gasteiger charge is -2.37. The molecule has 0 spiro atoms. The van der Waals surface area contributed by atoms with Crippen molar-refractivity contribution in [2.24, 2.45) is 5.41 Å². The van der Waals surface area contributed by atoms with Crippen LogP contribution < -0.4 is 10.1 Å². The van der Waals surface area contributed by atoms with E-state index in [9.17, 15) is 26.4 Å². The second kappa shape index (κ2) is 9.34. The van der Waals surface area contributed by atoms with Gasteiger partial charge in [0.2, 0.25) is 15.9 Å². The number of nitrogens with zero attached hydrogens (tertiary/aromatic N) is 1. The van der Waals surface area contributed by atoms with E-state index in [0.29, 0.717) is 18.5 Å². The summed E-state index contributed by atoms with van der Waals surface area (Å²) >= 11 is 0. The number of halogens is 3. The third-order valence-corrected chi connectivity index (χ3v) is 7.83. The highest BCUT2D eigenvalue weighted by Crippen LogP contribution is 2.35. The molecule has 0 aromatic heterocycles. The van der Waals surface area contributed by atoms with Gasteiger partial charge >= 0.3 is 6.18 Å². The number of aryl methyl sites for hydroxylation is 1. The zero-order chi connectivity index (χ0) is 24.4. The van der Waals surface area contributed by atoms with Crippen LogP contribution >= 0.6 is 0 Å². The number of benzene rings is 2. The van der Waals surface area contributed by atoms with Crippen molar-refractivity contribution in [1.82, 2.24) is 4.31 Å². The van der Waals surface area contributed by atoms with Crippen molar-refractivity contribution >= 4 is 21.6 Å². The number of piperidine rings is 1. The lowest BCUT2D eigenvalue weighted by Crippen LogP contribution is -2.46. The number of sulfonamides is 1. The van der Waals surface area contributed by atoms with E-state index in [-0.39, 0.29) is 29.6 Å². The highest BCUT2D eigenvalue weighted by molar-refractivity contribution is 7.89. The third kappa shape index (κ3) is 5.86. The van der Waals surface area contributed by atoms with Crippen LogP contribution in [0.2, 0.25) is 0 Å². The zero-order valence-corrected chi connectivity index (χ0v) is 19.5. The highest BCUT2D eigenvalue weighted by atomic mass is 32.2. The molecule has 1 aliphatic heterocycles. The maximum Gasteiger partial charge on any atom is 0.425 e. The van der Waals surface area contributed by atoms with E-state index in [0.717, 1.165) is 12.5 Å². The predicted octanol–water partition coefficient (Wildman–Crippen LogP) is 4.75. The van der Waals surface area contributed by atoms with Crippen LogP contribution in [0.25, 0.3) is 0 Å². The Hall–Kier alpha value is -2.59. The van der Waals surface area contributed by atoms with E-state index in [1.165, 1.54) is 28.6 Å². The molecular formula is C23H27F3N2O4S. The van der Waals surface area contributed by atoms with Crippen LogP contribution in [0, 0.1) is 12.3 Å². The van der Waals surface area contributed by atoms with Gasteiger partial charge in [0.05, 0.1) is 4.90 Å². The molecule has 1 heterocycles. The van der Waals surface area contributed by atoms with Crippen LogP contribution in [0.5, 0.6) is 5.75 Å². The predicted molar refractivity (Wildman–Crippen MR) is 118 cm³/mol. The standard InChI is InChI=1S/C23H27F3N2O4S/c1-16-4-10-20(11-5-16)33(30,31)28-14-12-22(3,13-15-28)21(29)27-18-6-8-19(9-7-18)32-17(2)23(24,25)26/h4-11,17H,12-15H2,1-3H3,(H,27,29). The van der Waals surface area contributed by atoms with Crippen LogP contribution in [0.4, 0.5) is 18.9 Å². The summed E-state index contributed by atoms with van der Waals surface area (Å²) in [4.78, 5) is 13.1. The average Bonchev–Trinajstić information content (AvgIpc) is 2.75. The SMILES string of the molecule is Cc1ccc(S(=O)(=O)N2CCC(C)(C(=O)Nc3ccc(OC(C)C(F)(F)F)cc3)CC2)cc1. The van der Waals surface area contributed by atoms with E-state index >= 15 is 0 Å². The van der Waals surface area contributed by atoms with Gasteiger partial charge in [0, 0.05) is 24.2 Å². The van der Waals surface area contributed by atoms with Crippen molar-refractivity contribution in [2.75, 3.05) is 18.4 Å². The Kier molecular flexibility index (Phi) is 7.09. The third-order valence-electron chi connectivity index (χ3n) is 5.92. The van der Waals surface area contributed by atoms with E-state index < -0.39 is 27.7 Å². The number of rotatable bonds is 6. The molecule has 1 fully saturated rings. The maximum absolute atomic E-state index is 12.9. The maximum atomic E-state index is 12.9. The smallest absolute Gasteiger partial charge is 0.425 e.